The van der Waals surface area contributed by atoms with Gasteiger partial charge in [-0.2, -0.15) is 26.3 Å². The molecule has 0 aromatic heterocycles. The van der Waals surface area contributed by atoms with Gasteiger partial charge in [0.1, 0.15) is 5.60 Å². The average molecular weight is 573 g/mol. The number of halogens is 6. The van der Waals surface area contributed by atoms with Crippen molar-refractivity contribution in [3.8, 4) is 0 Å². The van der Waals surface area contributed by atoms with Crippen LogP contribution in [0.4, 0.5) is 31.1 Å². The van der Waals surface area contributed by atoms with E-state index in [1.807, 2.05) is 24.3 Å². The van der Waals surface area contributed by atoms with E-state index in [1.54, 1.807) is 25.7 Å². The molecule has 0 spiro atoms. The SMILES string of the molecule is CC(OC1CCc2ccccc2C1N1CCN(C(=O)OC(C)(C)C)CC1)c1cc(C(F)(F)F)cc(C(F)(F)F)c1. The third-order valence-electron chi connectivity index (χ3n) is 7.24. The summed E-state index contributed by atoms with van der Waals surface area (Å²) in [5, 5.41) is 0. The highest BCUT2D eigenvalue weighted by Crippen LogP contribution is 2.41. The molecule has 11 heteroatoms. The van der Waals surface area contributed by atoms with Crippen molar-refractivity contribution in [1.29, 1.82) is 0 Å². The molecule has 2 aromatic rings. The second kappa shape index (κ2) is 11.2. The van der Waals surface area contributed by atoms with Gasteiger partial charge in [-0.1, -0.05) is 24.3 Å². The maximum Gasteiger partial charge on any atom is 0.416 e. The molecule has 1 aliphatic heterocycles. The van der Waals surface area contributed by atoms with Crippen LogP contribution in [0.5, 0.6) is 0 Å². The minimum absolute atomic E-state index is 0.125. The smallest absolute Gasteiger partial charge is 0.416 e. The van der Waals surface area contributed by atoms with E-state index in [0.29, 0.717) is 39.0 Å². The zero-order valence-corrected chi connectivity index (χ0v) is 22.9. The summed E-state index contributed by atoms with van der Waals surface area (Å²) in [5.74, 6) is 0. The summed E-state index contributed by atoms with van der Waals surface area (Å²) in [4.78, 5) is 16.4. The van der Waals surface area contributed by atoms with Gasteiger partial charge in [0, 0.05) is 26.2 Å². The second-order valence-electron chi connectivity index (χ2n) is 11.3. The lowest BCUT2D eigenvalue weighted by Gasteiger charge is -2.45. The molecule has 0 radical (unpaired) electrons. The molecule has 2 aromatic carbocycles. The highest BCUT2D eigenvalue weighted by atomic mass is 19.4. The maximum atomic E-state index is 13.5. The van der Waals surface area contributed by atoms with Crippen molar-refractivity contribution in [3.05, 3.63) is 70.3 Å². The summed E-state index contributed by atoms with van der Waals surface area (Å²) in [6, 6.07) is 9.13. The summed E-state index contributed by atoms with van der Waals surface area (Å²) in [6.45, 7) is 8.72. The van der Waals surface area contributed by atoms with Crippen LogP contribution in [0.3, 0.4) is 0 Å². The van der Waals surface area contributed by atoms with Gasteiger partial charge in [-0.05, 0) is 75.4 Å². The van der Waals surface area contributed by atoms with Gasteiger partial charge in [-0.3, -0.25) is 4.90 Å². The van der Waals surface area contributed by atoms with E-state index in [0.717, 1.165) is 23.3 Å². The minimum atomic E-state index is -4.93. The van der Waals surface area contributed by atoms with E-state index in [2.05, 4.69) is 4.90 Å². The molecule has 1 fully saturated rings. The van der Waals surface area contributed by atoms with Crippen molar-refractivity contribution in [2.24, 2.45) is 0 Å². The molecule has 3 atom stereocenters. The largest absolute Gasteiger partial charge is 0.444 e. The first-order valence-corrected chi connectivity index (χ1v) is 13.3. The number of carbonyl (C=O) groups is 1. The van der Waals surface area contributed by atoms with Crippen LogP contribution in [0, 0.1) is 0 Å². The number of nitrogens with zero attached hydrogens (tertiary/aromatic N) is 2. The summed E-state index contributed by atoms with van der Waals surface area (Å²) in [5.41, 5.74) is -1.41. The first kappa shape index (κ1) is 30.2. The normalized spacial score (nSPS) is 21.6. The molecular weight excluding hydrogens is 538 g/mol. The van der Waals surface area contributed by atoms with Crippen LogP contribution < -0.4 is 0 Å². The highest BCUT2D eigenvalue weighted by molar-refractivity contribution is 5.68. The Morgan fingerprint density at radius 1 is 0.900 bits per heavy atom. The molecule has 1 saturated heterocycles. The number of fused-ring (bicyclic) bond motifs is 1. The Balaban J connectivity index is 1.58. The average Bonchev–Trinajstić information content (AvgIpc) is 2.86. The number of aryl methyl sites for hydroxylation is 1. The van der Waals surface area contributed by atoms with Crippen LogP contribution in [0.1, 0.15) is 74.1 Å². The molecule has 0 bridgehead atoms. The van der Waals surface area contributed by atoms with Gasteiger partial charge in [-0.25, -0.2) is 4.79 Å². The number of alkyl halides is 6. The topological polar surface area (TPSA) is 42.0 Å². The number of ether oxygens (including phenoxy) is 2. The van der Waals surface area contributed by atoms with Gasteiger partial charge in [0.05, 0.1) is 29.4 Å². The third kappa shape index (κ3) is 7.09. The van der Waals surface area contributed by atoms with Crippen molar-refractivity contribution in [1.82, 2.24) is 9.80 Å². The lowest BCUT2D eigenvalue weighted by atomic mass is 9.84. The number of benzene rings is 2. The Hall–Kier alpha value is -2.79. The first-order chi connectivity index (χ1) is 18.5. The van der Waals surface area contributed by atoms with Gasteiger partial charge in [-0.15, -0.1) is 0 Å². The Labute approximate surface area is 230 Å². The molecule has 3 unspecified atom stereocenters. The predicted octanol–water partition coefficient (Wildman–Crippen LogP) is 7.41. The Bertz CT molecular complexity index is 1170. The summed E-state index contributed by atoms with van der Waals surface area (Å²) >= 11 is 0. The van der Waals surface area contributed by atoms with Crippen LogP contribution in [-0.2, 0) is 28.2 Å². The lowest BCUT2D eigenvalue weighted by molar-refractivity contribution is -0.143. The van der Waals surface area contributed by atoms with Gasteiger partial charge in [0.15, 0.2) is 0 Å². The molecule has 2 aliphatic rings. The van der Waals surface area contributed by atoms with Crippen LogP contribution >= 0.6 is 0 Å². The lowest BCUT2D eigenvalue weighted by Crippen LogP contribution is -2.53. The van der Waals surface area contributed by atoms with Crippen LogP contribution in [0.25, 0.3) is 0 Å². The van der Waals surface area contributed by atoms with Gasteiger partial charge in [0.25, 0.3) is 0 Å². The number of hydrogen-bond acceptors (Lipinski definition) is 4. The zero-order chi connectivity index (χ0) is 29.5. The number of amides is 1. The quantitative estimate of drug-likeness (QED) is 0.358. The molecule has 5 nitrogen and oxygen atoms in total. The van der Waals surface area contributed by atoms with Crippen molar-refractivity contribution in [2.75, 3.05) is 26.2 Å². The van der Waals surface area contributed by atoms with Crippen LogP contribution in [0.15, 0.2) is 42.5 Å². The van der Waals surface area contributed by atoms with E-state index >= 15 is 0 Å². The molecule has 40 heavy (non-hydrogen) atoms. The molecule has 1 amide bonds. The summed E-state index contributed by atoms with van der Waals surface area (Å²) in [7, 11) is 0. The van der Waals surface area contributed by atoms with E-state index in [-0.39, 0.29) is 17.7 Å². The predicted molar refractivity (Wildman–Crippen MR) is 137 cm³/mol. The van der Waals surface area contributed by atoms with Gasteiger partial charge >= 0.3 is 18.4 Å². The molecule has 220 valence electrons. The second-order valence-corrected chi connectivity index (χ2v) is 11.3. The molecule has 1 aliphatic carbocycles. The van der Waals surface area contributed by atoms with Gasteiger partial charge < -0.3 is 14.4 Å². The van der Waals surface area contributed by atoms with Crippen LogP contribution in [-0.4, -0.2) is 53.8 Å². The number of hydrogen-bond donors (Lipinski definition) is 0. The van der Waals surface area contributed by atoms with Crippen molar-refractivity contribution in [2.45, 2.75) is 76.7 Å². The number of rotatable bonds is 4. The van der Waals surface area contributed by atoms with E-state index in [4.69, 9.17) is 9.47 Å². The number of piperazine rings is 1. The van der Waals surface area contributed by atoms with Gasteiger partial charge in [0.2, 0.25) is 0 Å². The Morgan fingerprint density at radius 2 is 1.48 bits per heavy atom. The highest BCUT2D eigenvalue weighted by Gasteiger charge is 2.40. The molecular formula is C29H34F6N2O3. The van der Waals surface area contributed by atoms with Crippen molar-refractivity contribution >= 4 is 6.09 Å². The van der Waals surface area contributed by atoms with Crippen molar-refractivity contribution in [3.63, 3.8) is 0 Å². The molecule has 0 N–H and O–H groups in total. The summed E-state index contributed by atoms with van der Waals surface area (Å²) < 4.78 is 92.5. The van der Waals surface area contributed by atoms with E-state index in [9.17, 15) is 31.1 Å². The fraction of sp³-hybridized carbons (Fsp3) is 0.552. The Morgan fingerprint density at radius 3 is 2.02 bits per heavy atom. The van der Waals surface area contributed by atoms with E-state index < -0.39 is 47.4 Å². The fourth-order valence-electron chi connectivity index (χ4n) is 5.34. The monoisotopic (exact) mass is 572 g/mol. The fourth-order valence-corrected chi connectivity index (χ4v) is 5.34. The maximum absolute atomic E-state index is 13.5. The zero-order valence-electron chi connectivity index (χ0n) is 22.9. The first-order valence-electron chi connectivity index (χ1n) is 13.3. The molecule has 0 saturated carbocycles. The third-order valence-corrected chi connectivity index (χ3v) is 7.24. The minimum Gasteiger partial charge on any atom is -0.444 e. The summed E-state index contributed by atoms with van der Waals surface area (Å²) in [6.07, 6.45) is -10.6. The molecule has 1 heterocycles. The van der Waals surface area contributed by atoms with Crippen molar-refractivity contribution < 1.29 is 40.6 Å². The standard InChI is InChI=1S/C29H34F6N2O3/c1-18(20-15-21(28(30,31)32)17-22(16-20)29(33,34)35)39-24-10-9-19-7-5-6-8-23(19)25(24)36-11-13-37(14-12-36)26(38)40-27(2,3)4/h5-8,15-18,24-25H,9-14H2,1-4H3. The van der Waals surface area contributed by atoms with E-state index in [1.165, 1.54) is 6.92 Å². The Kier molecular flexibility index (Phi) is 8.48. The number of carbonyl (C=O) groups excluding carboxylic acids is 1. The van der Waals surface area contributed by atoms with Crippen LogP contribution in [0.2, 0.25) is 0 Å². The molecule has 4 rings (SSSR count).